The minimum atomic E-state index is -0.472. The van der Waals surface area contributed by atoms with E-state index in [1.165, 1.54) is 59.9 Å². The molecule has 57 heavy (non-hydrogen) atoms. The standard InChI is InChI=1S/C47H62N8O2/c1-27(2)41(48)45(56)54-23-7-9-38(54)43-50-26-37(53-43)30-13-11-29(12-14-30)32-16-17-33(40-34(32)19-22-47(40)20-5-6-21-47)31-15-18-35-36(25-31)52-44(51-35)39-10-8-24-55(39)46(57)42(49)28(3)4/h11-18,25-28,38-39,41-44,50-53H,5-10,19-24,48-49H2,1-4H3. The van der Waals surface area contributed by atoms with Crippen LogP contribution in [0.1, 0.15) is 102 Å². The lowest BCUT2D eigenvalue weighted by Crippen LogP contribution is -2.55. The third-order valence-electron chi connectivity index (χ3n) is 14.4. The van der Waals surface area contributed by atoms with Crippen molar-refractivity contribution in [3.05, 3.63) is 77.5 Å². The highest BCUT2D eigenvalue weighted by Gasteiger charge is 2.45. The third kappa shape index (κ3) is 6.66. The van der Waals surface area contributed by atoms with Crippen LogP contribution in [-0.2, 0) is 21.4 Å². The van der Waals surface area contributed by atoms with Crippen molar-refractivity contribution >= 4 is 28.9 Å². The van der Waals surface area contributed by atoms with Gasteiger partial charge in [-0.2, -0.15) is 0 Å². The van der Waals surface area contributed by atoms with E-state index in [1.807, 2.05) is 37.5 Å². The molecule has 4 heterocycles. The highest BCUT2D eigenvalue weighted by atomic mass is 16.2. The Labute approximate surface area is 338 Å². The summed E-state index contributed by atoms with van der Waals surface area (Å²) in [5.41, 5.74) is 25.6. The van der Waals surface area contributed by atoms with Crippen molar-refractivity contribution in [2.45, 2.75) is 134 Å². The van der Waals surface area contributed by atoms with E-state index in [-0.39, 0.29) is 53.5 Å². The van der Waals surface area contributed by atoms with Gasteiger partial charge in [0.05, 0.1) is 41.2 Å². The zero-order valence-electron chi connectivity index (χ0n) is 34.2. The Kier molecular flexibility index (Phi) is 10.0. The van der Waals surface area contributed by atoms with Gasteiger partial charge in [0, 0.05) is 19.3 Å². The molecule has 10 nitrogen and oxygen atoms in total. The molecule has 302 valence electrons. The van der Waals surface area contributed by atoms with E-state index in [0.717, 1.165) is 67.8 Å². The van der Waals surface area contributed by atoms with Crippen LogP contribution < -0.4 is 32.7 Å². The number of likely N-dealkylation sites (tertiary alicyclic amines) is 2. The van der Waals surface area contributed by atoms with E-state index in [4.69, 9.17) is 11.5 Å². The number of nitrogens with zero attached hydrogens (tertiary/aromatic N) is 2. The number of hydrogen-bond donors (Lipinski definition) is 6. The number of rotatable bonds is 9. The van der Waals surface area contributed by atoms with Crippen molar-refractivity contribution in [3.63, 3.8) is 0 Å². The number of carbonyl (C=O) groups excluding carboxylic acids is 2. The smallest absolute Gasteiger partial charge is 0.240 e. The third-order valence-corrected chi connectivity index (χ3v) is 14.4. The van der Waals surface area contributed by atoms with Gasteiger partial charge in [0.1, 0.15) is 12.3 Å². The topological polar surface area (TPSA) is 141 Å². The summed E-state index contributed by atoms with van der Waals surface area (Å²) in [4.78, 5) is 30.6. The average molecular weight is 771 g/mol. The number of carbonyl (C=O) groups is 2. The predicted octanol–water partition coefficient (Wildman–Crippen LogP) is 6.71. The van der Waals surface area contributed by atoms with Gasteiger partial charge >= 0.3 is 0 Å². The van der Waals surface area contributed by atoms with Gasteiger partial charge < -0.3 is 42.5 Å². The van der Waals surface area contributed by atoms with Crippen molar-refractivity contribution in [2.75, 3.05) is 23.7 Å². The lowest BCUT2D eigenvalue weighted by atomic mass is 9.76. The number of fused-ring (bicyclic) bond motifs is 3. The molecule has 3 aromatic carbocycles. The Hall–Kier alpha value is -4.54. The van der Waals surface area contributed by atoms with Crippen LogP contribution in [0, 0.1) is 11.8 Å². The highest BCUT2D eigenvalue weighted by molar-refractivity contribution is 5.87. The minimum absolute atomic E-state index is 0.0322. The maximum absolute atomic E-state index is 13.3. The van der Waals surface area contributed by atoms with Crippen LogP contribution in [0.3, 0.4) is 0 Å². The van der Waals surface area contributed by atoms with Gasteiger partial charge in [-0.15, -0.1) is 0 Å². The fourth-order valence-electron chi connectivity index (χ4n) is 11.0. The first-order valence-corrected chi connectivity index (χ1v) is 21.8. The molecule has 0 bridgehead atoms. The summed E-state index contributed by atoms with van der Waals surface area (Å²) in [5.74, 6) is 0.338. The largest absolute Gasteiger partial charge is 0.368 e. The second-order valence-corrected chi connectivity index (χ2v) is 18.5. The number of nitrogens with one attached hydrogen (secondary N) is 4. The Bertz CT molecular complexity index is 2050. The molecule has 2 saturated heterocycles. The first-order valence-electron chi connectivity index (χ1n) is 21.8. The molecule has 3 aromatic rings. The Morgan fingerprint density at radius 3 is 1.89 bits per heavy atom. The van der Waals surface area contributed by atoms with E-state index in [0.29, 0.717) is 0 Å². The SMILES string of the molecule is CC(C)C(N)C(=O)N1CCCC1C1NC=C(c2ccc(-c3ccc(-c4ccc5c(c4)NC(C4CCCN4C(=O)C(N)C(C)C)N5)c4c3CCC43CCCC3)cc2)N1. The normalized spacial score (nSPS) is 25.6. The fourth-order valence-corrected chi connectivity index (χ4v) is 11.0. The summed E-state index contributed by atoms with van der Waals surface area (Å²) in [5, 5.41) is 14.7. The number of nitrogens with two attached hydrogens (primary N) is 2. The van der Waals surface area contributed by atoms with Crippen LogP contribution in [0.5, 0.6) is 0 Å². The molecule has 9 rings (SSSR count). The van der Waals surface area contributed by atoms with Crippen molar-refractivity contribution in [2.24, 2.45) is 23.3 Å². The van der Waals surface area contributed by atoms with Crippen molar-refractivity contribution in [1.82, 2.24) is 20.4 Å². The van der Waals surface area contributed by atoms with Crippen LogP contribution in [0.4, 0.5) is 11.4 Å². The van der Waals surface area contributed by atoms with Crippen LogP contribution in [0.25, 0.3) is 28.0 Å². The van der Waals surface area contributed by atoms with Gasteiger partial charge in [-0.05, 0) is 120 Å². The molecule has 6 atom stereocenters. The molecule has 1 spiro atoms. The Morgan fingerprint density at radius 2 is 1.25 bits per heavy atom. The molecule has 1 saturated carbocycles. The monoisotopic (exact) mass is 770 g/mol. The second-order valence-electron chi connectivity index (χ2n) is 18.5. The molecule has 6 aliphatic rings. The number of amides is 2. The zero-order valence-corrected chi connectivity index (χ0v) is 34.2. The van der Waals surface area contributed by atoms with Gasteiger partial charge in [-0.3, -0.25) is 9.59 Å². The lowest BCUT2D eigenvalue weighted by molar-refractivity contribution is -0.135. The van der Waals surface area contributed by atoms with E-state index in [9.17, 15) is 9.59 Å². The Balaban J connectivity index is 0.947. The van der Waals surface area contributed by atoms with Crippen LogP contribution in [0.15, 0.2) is 60.8 Å². The average Bonchev–Trinajstić information content (AvgIpc) is 4.08. The van der Waals surface area contributed by atoms with Crippen LogP contribution >= 0.6 is 0 Å². The number of benzene rings is 3. The Morgan fingerprint density at radius 1 is 0.667 bits per heavy atom. The predicted molar refractivity (Wildman–Crippen MR) is 230 cm³/mol. The summed E-state index contributed by atoms with van der Waals surface area (Å²) < 4.78 is 0. The molecule has 2 aliphatic carbocycles. The highest BCUT2D eigenvalue weighted by Crippen LogP contribution is 2.55. The quantitative estimate of drug-likeness (QED) is 0.141. The molecule has 8 N–H and O–H groups in total. The summed E-state index contributed by atoms with van der Waals surface area (Å²) in [7, 11) is 0. The van der Waals surface area contributed by atoms with Gasteiger partial charge in [0.15, 0.2) is 0 Å². The molecular weight excluding hydrogens is 709 g/mol. The van der Waals surface area contributed by atoms with E-state index in [1.54, 1.807) is 5.56 Å². The molecule has 6 unspecified atom stereocenters. The van der Waals surface area contributed by atoms with Crippen molar-refractivity contribution in [1.29, 1.82) is 0 Å². The second kappa shape index (κ2) is 15.0. The first-order chi connectivity index (χ1) is 27.5. The number of anilines is 2. The summed E-state index contributed by atoms with van der Waals surface area (Å²) in [6.07, 6.45) is 13.3. The number of hydrogen-bond acceptors (Lipinski definition) is 8. The molecule has 0 radical (unpaired) electrons. The van der Waals surface area contributed by atoms with E-state index in [2.05, 4.69) is 82.1 Å². The zero-order chi connectivity index (χ0) is 39.6. The van der Waals surface area contributed by atoms with Gasteiger partial charge in [0.2, 0.25) is 11.8 Å². The molecular formula is C47H62N8O2. The van der Waals surface area contributed by atoms with Crippen molar-refractivity contribution in [3.8, 4) is 22.3 Å². The lowest BCUT2D eigenvalue weighted by Gasteiger charge is -2.33. The summed E-state index contributed by atoms with van der Waals surface area (Å²) in [6, 6.07) is 19.8. The maximum atomic E-state index is 13.3. The maximum Gasteiger partial charge on any atom is 0.240 e. The van der Waals surface area contributed by atoms with Crippen LogP contribution in [-0.4, -0.2) is 71.2 Å². The summed E-state index contributed by atoms with van der Waals surface area (Å²) in [6.45, 7) is 9.59. The molecule has 2 amide bonds. The van der Waals surface area contributed by atoms with Crippen LogP contribution in [0.2, 0.25) is 0 Å². The van der Waals surface area contributed by atoms with E-state index < -0.39 is 12.1 Å². The molecule has 3 fully saturated rings. The fraction of sp³-hybridized carbons (Fsp3) is 0.532. The van der Waals surface area contributed by atoms with Gasteiger partial charge in [0.25, 0.3) is 0 Å². The van der Waals surface area contributed by atoms with Gasteiger partial charge in [-0.25, -0.2) is 0 Å². The first kappa shape index (κ1) is 38.0. The molecule has 0 aromatic heterocycles. The minimum Gasteiger partial charge on any atom is -0.368 e. The van der Waals surface area contributed by atoms with Crippen molar-refractivity contribution < 1.29 is 9.59 Å². The van der Waals surface area contributed by atoms with E-state index >= 15 is 0 Å². The van der Waals surface area contributed by atoms with Gasteiger partial charge in [-0.1, -0.05) is 83.0 Å². The summed E-state index contributed by atoms with van der Waals surface area (Å²) >= 11 is 0. The molecule has 4 aliphatic heterocycles. The molecule has 10 heteroatoms.